The van der Waals surface area contributed by atoms with Crippen LogP contribution in [0.1, 0.15) is 49.0 Å². The minimum atomic E-state index is -0.443. The molecule has 6 heteroatoms. The summed E-state index contributed by atoms with van der Waals surface area (Å²) in [4.78, 5) is 28.9. The van der Waals surface area contributed by atoms with Gasteiger partial charge in [0, 0.05) is 32.5 Å². The lowest BCUT2D eigenvalue weighted by Crippen LogP contribution is -2.48. The molecule has 2 heterocycles. The van der Waals surface area contributed by atoms with Gasteiger partial charge >= 0.3 is 6.09 Å². The standard InChI is InChI=1S/C21H30N2O4/c1-15(2)7-10-23-14-21(27-20(23)25)8-11-22(12-9-21)19(24)17-13-16(3)5-6-18(17)26-4/h5-6,13,15H,7-12,14H2,1-4H3. The van der Waals surface area contributed by atoms with Crippen LogP contribution < -0.4 is 4.74 Å². The molecule has 0 aliphatic carbocycles. The summed E-state index contributed by atoms with van der Waals surface area (Å²) in [5.41, 5.74) is 1.18. The smallest absolute Gasteiger partial charge is 0.410 e. The van der Waals surface area contributed by atoms with E-state index < -0.39 is 5.60 Å². The van der Waals surface area contributed by atoms with E-state index in [-0.39, 0.29) is 12.0 Å². The van der Waals surface area contributed by atoms with Crippen molar-refractivity contribution in [3.8, 4) is 5.75 Å². The quantitative estimate of drug-likeness (QED) is 0.792. The number of likely N-dealkylation sites (tertiary alicyclic amines) is 1. The zero-order valence-electron chi connectivity index (χ0n) is 16.8. The maximum atomic E-state index is 13.0. The minimum Gasteiger partial charge on any atom is -0.496 e. The Morgan fingerprint density at radius 2 is 2.00 bits per heavy atom. The highest BCUT2D eigenvalue weighted by atomic mass is 16.6. The van der Waals surface area contributed by atoms with Crippen LogP contribution in [0.5, 0.6) is 5.75 Å². The summed E-state index contributed by atoms with van der Waals surface area (Å²) in [6, 6.07) is 5.64. The number of hydrogen-bond donors (Lipinski definition) is 0. The predicted molar refractivity (Wildman–Crippen MR) is 103 cm³/mol. The molecule has 0 atom stereocenters. The minimum absolute atomic E-state index is 0.0219. The Morgan fingerprint density at radius 3 is 2.63 bits per heavy atom. The lowest BCUT2D eigenvalue weighted by molar-refractivity contribution is 0.00306. The molecule has 2 aliphatic rings. The summed E-state index contributed by atoms with van der Waals surface area (Å²) >= 11 is 0. The van der Waals surface area contributed by atoms with Crippen LogP contribution >= 0.6 is 0 Å². The van der Waals surface area contributed by atoms with Crippen molar-refractivity contribution < 1.29 is 19.1 Å². The average Bonchev–Trinajstić information content (AvgIpc) is 2.95. The molecular weight excluding hydrogens is 344 g/mol. The van der Waals surface area contributed by atoms with Gasteiger partial charge < -0.3 is 19.3 Å². The third kappa shape index (κ3) is 4.20. The molecule has 2 amide bonds. The van der Waals surface area contributed by atoms with Gasteiger partial charge in [0.15, 0.2) is 0 Å². The second-order valence-corrected chi connectivity index (χ2v) is 8.15. The highest BCUT2D eigenvalue weighted by molar-refractivity contribution is 5.97. The number of nitrogens with zero attached hydrogens (tertiary/aromatic N) is 2. The molecule has 2 aliphatic heterocycles. The van der Waals surface area contributed by atoms with Crippen molar-refractivity contribution in [2.75, 3.05) is 33.3 Å². The molecule has 0 bridgehead atoms. The van der Waals surface area contributed by atoms with Gasteiger partial charge in [-0.05, 0) is 31.4 Å². The zero-order valence-corrected chi connectivity index (χ0v) is 16.8. The summed E-state index contributed by atoms with van der Waals surface area (Å²) in [5.74, 6) is 1.13. The van der Waals surface area contributed by atoms with E-state index in [4.69, 9.17) is 9.47 Å². The fourth-order valence-corrected chi connectivity index (χ4v) is 3.82. The van der Waals surface area contributed by atoms with Crippen LogP contribution in [0, 0.1) is 12.8 Å². The van der Waals surface area contributed by atoms with Gasteiger partial charge in [-0.3, -0.25) is 4.79 Å². The number of hydrogen-bond acceptors (Lipinski definition) is 4. The maximum Gasteiger partial charge on any atom is 0.410 e. The Morgan fingerprint density at radius 1 is 1.30 bits per heavy atom. The molecule has 3 rings (SSSR count). The molecule has 0 radical (unpaired) electrons. The van der Waals surface area contributed by atoms with Crippen LogP contribution in [0.25, 0.3) is 0 Å². The number of carbonyl (C=O) groups is 2. The molecule has 1 aromatic carbocycles. The second-order valence-electron chi connectivity index (χ2n) is 8.15. The summed E-state index contributed by atoms with van der Waals surface area (Å²) in [6.07, 6.45) is 2.12. The second kappa shape index (κ2) is 7.79. The third-order valence-corrected chi connectivity index (χ3v) is 5.56. The summed E-state index contributed by atoms with van der Waals surface area (Å²) in [7, 11) is 1.58. The SMILES string of the molecule is COc1ccc(C)cc1C(=O)N1CCC2(CC1)CN(CCC(C)C)C(=O)O2. The van der Waals surface area contributed by atoms with E-state index in [9.17, 15) is 9.59 Å². The molecule has 2 fully saturated rings. The average molecular weight is 374 g/mol. The van der Waals surface area contributed by atoms with Crippen LogP contribution in [0.4, 0.5) is 4.79 Å². The van der Waals surface area contributed by atoms with Crippen molar-refractivity contribution in [2.24, 2.45) is 5.92 Å². The number of aryl methyl sites for hydroxylation is 1. The first-order valence-electron chi connectivity index (χ1n) is 9.75. The first kappa shape index (κ1) is 19.5. The normalized spacial score (nSPS) is 18.9. The van der Waals surface area contributed by atoms with Crippen molar-refractivity contribution in [1.29, 1.82) is 0 Å². The maximum absolute atomic E-state index is 13.0. The van der Waals surface area contributed by atoms with Gasteiger partial charge in [0.1, 0.15) is 11.4 Å². The van der Waals surface area contributed by atoms with Crippen molar-refractivity contribution in [3.63, 3.8) is 0 Å². The Labute approximate surface area is 161 Å². The Bertz CT molecular complexity index is 708. The van der Waals surface area contributed by atoms with E-state index in [0.717, 1.165) is 18.5 Å². The van der Waals surface area contributed by atoms with Gasteiger partial charge in [-0.15, -0.1) is 0 Å². The lowest BCUT2D eigenvalue weighted by atomic mass is 9.90. The molecule has 0 aromatic heterocycles. The van der Waals surface area contributed by atoms with Crippen molar-refractivity contribution >= 4 is 12.0 Å². The van der Waals surface area contributed by atoms with Crippen LogP contribution in [0.3, 0.4) is 0 Å². The third-order valence-electron chi connectivity index (χ3n) is 5.56. The van der Waals surface area contributed by atoms with E-state index in [1.165, 1.54) is 0 Å². The molecule has 148 valence electrons. The fraction of sp³-hybridized carbons (Fsp3) is 0.619. The highest BCUT2D eigenvalue weighted by Crippen LogP contribution is 2.34. The zero-order chi connectivity index (χ0) is 19.6. The van der Waals surface area contributed by atoms with Gasteiger partial charge in [-0.2, -0.15) is 0 Å². The number of rotatable bonds is 5. The molecule has 0 unspecified atom stereocenters. The highest BCUT2D eigenvalue weighted by Gasteiger charge is 2.47. The van der Waals surface area contributed by atoms with Crippen molar-refractivity contribution in [2.45, 2.75) is 45.6 Å². The van der Waals surface area contributed by atoms with E-state index in [1.54, 1.807) is 7.11 Å². The molecule has 0 saturated carbocycles. The van der Waals surface area contributed by atoms with Gasteiger partial charge in [0.2, 0.25) is 0 Å². The largest absolute Gasteiger partial charge is 0.496 e. The number of carbonyl (C=O) groups excluding carboxylic acids is 2. The van der Waals surface area contributed by atoms with Crippen LogP contribution in [-0.2, 0) is 4.74 Å². The van der Waals surface area contributed by atoms with Crippen molar-refractivity contribution in [1.82, 2.24) is 9.80 Å². The summed E-state index contributed by atoms with van der Waals surface area (Å²) < 4.78 is 11.1. The first-order chi connectivity index (χ1) is 12.8. The van der Waals surface area contributed by atoms with Gasteiger partial charge in [0.05, 0.1) is 19.2 Å². The topological polar surface area (TPSA) is 59.1 Å². The number of ether oxygens (including phenoxy) is 2. The molecule has 1 spiro atoms. The van der Waals surface area contributed by atoms with E-state index in [0.29, 0.717) is 49.7 Å². The van der Waals surface area contributed by atoms with Crippen molar-refractivity contribution in [3.05, 3.63) is 29.3 Å². The van der Waals surface area contributed by atoms with Crippen LogP contribution in [0.2, 0.25) is 0 Å². The van der Waals surface area contributed by atoms with E-state index in [1.807, 2.05) is 34.9 Å². The van der Waals surface area contributed by atoms with Gasteiger partial charge in [-0.1, -0.05) is 25.5 Å². The molecule has 1 aromatic rings. The Kier molecular flexibility index (Phi) is 5.63. The first-order valence-corrected chi connectivity index (χ1v) is 9.75. The lowest BCUT2D eigenvalue weighted by Gasteiger charge is -2.37. The Balaban J connectivity index is 1.63. The summed E-state index contributed by atoms with van der Waals surface area (Å²) in [6.45, 7) is 8.81. The van der Waals surface area contributed by atoms with Gasteiger partial charge in [0.25, 0.3) is 5.91 Å². The summed E-state index contributed by atoms with van der Waals surface area (Å²) in [5, 5.41) is 0. The van der Waals surface area contributed by atoms with Gasteiger partial charge in [-0.25, -0.2) is 4.79 Å². The fourth-order valence-electron chi connectivity index (χ4n) is 3.82. The number of amides is 2. The molecule has 6 nitrogen and oxygen atoms in total. The van der Waals surface area contributed by atoms with E-state index >= 15 is 0 Å². The molecule has 27 heavy (non-hydrogen) atoms. The number of piperidine rings is 1. The number of benzene rings is 1. The van der Waals surface area contributed by atoms with Crippen LogP contribution in [-0.4, -0.2) is 60.7 Å². The van der Waals surface area contributed by atoms with Crippen LogP contribution in [0.15, 0.2) is 18.2 Å². The molecule has 0 N–H and O–H groups in total. The predicted octanol–water partition coefficient (Wildman–Crippen LogP) is 3.48. The molecular formula is C21H30N2O4. The Hall–Kier alpha value is -2.24. The monoisotopic (exact) mass is 374 g/mol. The molecule has 2 saturated heterocycles. The number of methoxy groups -OCH3 is 1. The van der Waals surface area contributed by atoms with E-state index in [2.05, 4.69) is 13.8 Å².